The summed E-state index contributed by atoms with van der Waals surface area (Å²) in [5.41, 5.74) is 1.80. The number of carbonyl (C=O) groups excluding carboxylic acids is 2. The van der Waals surface area contributed by atoms with Crippen molar-refractivity contribution in [1.29, 1.82) is 0 Å². The smallest absolute Gasteiger partial charge is 0.340 e. The zero-order valence-electron chi connectivity index (χ0n) is 14.0. The molecule has 0 N–H and O–H groups in total. The number of benzene rings is 2. The van der Waals surface area contributed by atoms with Gasteiger partial charge in [0.25, 0.3) is 5.91 Å². The fraction of sp³-hybridized carbons (Fsp3) is 0.158. The van der Waals surface area contributed by atoms with Crippen molar-refractivity contribution >= 4 is 34.4 Å². The summed E-state index contributed by atoms with van der Waals surface area (Å²) in [6.07, 6.45) is 0. The van der Waals surface area contributed by atoms with E-state index in [1.165, 1.54) is 18.8 Å². The van der Waals surface area contributed by atoms with Crippen LogP contribution in [0.2, 0.25) is 5.02 Å². The molecule has 0 radical (unpaired) electrons. The molecule has 0 saturated heterocycles. The molecule has 0 spiro atoms. The van der Waals surface area contributed by atoms with Crippen LogP contribution in [0.5, 0.6) is 5.75 Å². The van der Waals surface area contributed by atoms with Crippen molar-refractivity contribution in [2.45, 2.75) is 6.92 Å². The fourth-order valence-corrected chi connectivity index (χ4v) is 3.13. The van der Waals surface area contributed by atoms with E-state index in [4.69, 9.17) is 21.1 Å². The van der Waals surface area contributed by atoms with Gasteiger partial charge in [-0.1, -0.05) is 29.8 Å². The predicted octanol–water partition coefficient (Wildman–Crippen LogP) is 4.09. The number of esters is 1. The normalized spacial score (nSPS) is 10.7. The molecule has 5 nitrogen and oxygen atoms in total. The fourth-order valence-electron chi connectivity index (χ4n) is 2.96. The number of nitrogens with zero attached hydrogens (tertiary/aromatic N) is 1. The van der Waals surface area contributed by atoms with Crippen LogP contribution in [0, 0.1) is 6.92 Å². The first-order chi connectivity index (χ1) is 12.0. The number of hydrogen-bond donors (Lipinski definition) is 0. The molecule has 1 aromatic heterocycles. The SMILES string of the molecule is COC(=O)c1c(C)n(C(=O)c2cc(Cl)ccc2OC)c2ccccc12. The first kappa shape index (κ1) is 17.0. The van der Waals surface area contributed by atoms with Crippen molar-refractivity contribution in [3.05, 3.63) is 64.3 Å². The van der Waals surface area contributed by atoms with Crippen molar-refractivity contribution in [2.24, 2.45) is 0 Å². The molecular formula is C19H16ClNO4. The van der Waals surface area contributed by atoms with Crippen molar-refractivity contribution < 1.29 is 19.1 Å². The molecule has 0 amide bonds. The molecule has 3 aromatic rings. The Labute approximate surface area is 149 Å². The number of ether oxygens (including phenoxy) is 2. The molecule has 0 aliphatic rings. The van der Waals surface area contributed by atoms with Gasteiger partial charge in [0.2, 0.25) is 0 Å². The second kappa shape index (κ2) is 6.61. The van der Waals surface area contributed by atoms with Crippen LogP contribution in [-0.4, -0.2) is 30.7 Å². The molecule has 3 rings (SSSR count). The quantitative estimate of drug-likeness (QED) is 0.662. The highest BCUT2D eigenvalue weighted by atomic mass is 35.5. The third-order valence-electron chi connectivity index (χ3n) is 4.10. The van der Waals surface area contributed by atoms with Gasteiger partial charge in [-0.15, -0.1) is 0 Å². The van der Waals surface area contributed by atoms with Gasteiger partial charge in [-0.25, -0.2) is 4.79 Å². The van der Waals surface area contributed by atoms with E-state index in [1.54, 1.807) is 37.3 Å². The number of para-hydroxylation sites is 1. The van der Waals surface area contributed by atoms with Crippen LogP contribution in [0.15, 0.2) is 42.5 Å². The van der Waals surface area contributed by atoms with Gasteiger partial charge < -0.3 is 9.47 Å². The lowest BCUT2D eigenvalue weighted by molar-refractivity contribution is 0.0602. The molecule has 0 fully saturated rings. The third-order valence-corrected chi connectivity index (χ3v) is 4.33. The van der Waals surface area contributed by atoms with Crippen LogP contribution in [0.1, 0.15) is 26.4 Å². The summed E-state index contributed by atoms with van der Waals surface area (Å²) in [4.78, 5) is 25.4. The van der Waals surface area contributed by atoms with Gasteiger partial charge in [-0.2, -0.15) is 0 Å². The average Bonchev–Trinajstić information content (AvgIpc) is 2.92. The molecule has 0 bridgehead atoms. The summed E-state index contributed by atoms with van der Waals surface area (Å²) >= 11 is 6.05. The van der Waals surface area contributed by atoms with Crippen molar-refractivity contribution in [3.8, 4) is 5.75 Å². The van der Waals surface area contributed by atoms with E-state index in [9.17, 15) is 9.59 Å². The summed E-state index contributed by atoms with van der Waals surface area (Å²) in [5.74, 6) is -0.410. The van der Waals surface area contributed by atoms with Crippen LogP contribution in [0.4, 0.5) is 0 Å². The molecule has 1 heterocycles. The van der Waals surface area contributed by atoms with Gasteiger partial charge in [0, 0.05) is 16.1 Å². The van der Waals surface area contributed by atoms with Crippen molar-refractivity contribution in [1.82, 2.24) is 4.57 Å². The van der Waals surface area contributed by atoms with Gasteiger partial charge >= 0.3 is 5.97 Å². The lowest BCUT2D eigenvalue weighted by atomic mass is 10.1. The molecular weight excluding hydrogens is 342 g/mol. The summed E-state index contributed by atoms with van der Waals surface area (Å²) < 4.78 is 11.6. The van der Waals surface area contributed by atoms with Gasteiger partial charge in [-0.05, 0) is 31.2 Å². The zero-order valence-corrected chi connectivity index (χ0v) is 14.8. The lowest BCUT2D eigenvalue weighted by Crippen LogP contribution is -2.15. The number of carbonyl (C=O) groups is 2. The number of hydrogen-bond acceptors (Lipinski definition) is 4. The topological polar surface area (TPSA) is 57.5 Å². The van der Waals surface area contributed by atoms with E-state index in [1.807, 2.05) is 12.1 Å². The second-order valence-electron chi connectivity index (χ2n) is 5.45. The highest BCUT2D eigenvalue weighted by Gasteiger charge is 2.25. The standard InChI is InChI=1S/C19H16ClNO4/c1-11-17(19(23)25-3)13-6-4-5-7-15(13)21(11)18(22)14-10-12(20)8-9-16(14)24-2/h4-10H,1-3H3. The Morgan fingerprint density at radius 1 is 1.08 bits per heavy atom. The molecule has 6 heteroatoms. The summed E-state index contributed by atoms with van der Waals surface area (Å²) in [5, 5.41) is 1.08. The Kier molecular flexibility index (Phi) is 4.51. The van der Waals surface area contributed by atoms with E-state index in [0.717, 1.165) is 0 Å². The van der Waals surface area contributed by atoms with Gasteiger partial charge in [0.15, 0.2) is 0 Å². The number of aromatic nitrogens is 1. The highest BCUT2D eigenvalue weighted by molar-refractivity contribution is 6.31. The summed E-state index contributed by atoms with van der Waals surface area (Å²) in [6.45, 7) is 1.71. The summed E-state index contributed by atoms with van der Waals surface area (Å²) in [6, 6.07) is 12.0. The number of rotatable bonds is 3. The van der Waals surface area contributed by atoms with E-state index in [0.29, 0.717) is 38.5 Å². The van der Waals surface area contributed by atoms with Crippen LogP contribution < -0.4 is 4.74 Å². The third kappa shape index (κ3) is 2.76. The largest absolute Gasteiger partial charge is 0.496 e. The minimum atomic E-state index is -0.488. The molecule has 0 saturated carbocycles. The monoisotopic (exact) mass is 357 g/mol. The van der Waals surface area contributed by atoms with Crippen LogP contribution in [0.25, 0.3) is 10.9 Å². The minimum absolute atomic E-state index is 0.315. The second-order valence-corrected chi connectivity index (χ2v) is 5.89. The maximum Gasteiger partial charge on any atom is 0.340 e. The number of halogens is 1. The van der Waals surface area contributed by atoms with E-state index < -0.39 is 5.97 Å². The zero-order chi connectivity index (χ0) is 18.1. The van der Waals surface area contributed by atoms with Gasteiger partial charge in [-0.3, -0.25) is 9.36 Å². The number of methoxy groups -OCH3 is 2. The molecule has 0 unspecified atom stereocenters. The molecule has 2 aromatic carbocycles. The molecule has 0 aliphatic carbocycles. The first-order valence-corrected chi connectivity index (χ1v) is 7.94. The lowest BCUT2D eigenvalue weighted by Gasteiger charge is -2.11. The Morgan fingerprint density at radius 2 is 1.80 bits per heavy atom. The Morgan fingerprint density at radius 3 is 2.48 bits per heavy atom. The molecule has 128 valence electrons. The maximum absolute atomic E-state index is 13.2. The van der Waals surface area contributed by atoms with Gasteiger partial charge in [0.05, 0.1) is 30.9 Å². The van der Waals surface area contributed by atoms with Crippen molar-refractivity contribution in [3.63, 3.8) is 0 Å². The Balaban J connectivity index is 2.30. The summed E-state index contributed by atoms with van der Waals surface area (Å²) in [7, 11) is 2.80. The van der Waals surface area contributed by atoms with Gasteiger partial charge in [0.1, 0.15) is 5.75 Å². The van der Waals surface area contributed by atoms with Crippen LogP contribution in [0.3, 0.4) is 0 Å². The van der Waals surface area contributed by atoms with E-state index in [-0.39, 0.29) is 5.91 Å². The Bertz CT molecular complexity index is 990. The predicted molar refractivity (Wildman–Crippen MR) is 95.7 cm³/mol. The van der Waals surface area contributed by atoms with Crippen LogP contribution in [-0.2, 0) is 4.74 Å². The average molecular weight is 358 g/mol. The first-order valence-electron chi connectivity index (χ1n) is 7.56. The molecule has 25 heavy (non-hydrogen) atoms. The highest BCUT2D eigenvalue weighted by Crippen LogP contribution is 2.30. The van der Waals surface area contributed by atoms with E-state index in [2.05, 4.69) is 0 Å². The Hall–Kier alpha value is -2.79. The van der Waals surface area contributed by atoms with E-state index >= 15 is 0 Å². The number of fused-ring (bicyclic) bond motifs is 1. The molecule has 0 atom stereocenters. The van der Waals surface area contributed by atoms with Crippen molar-refractivity contribution in [2.75, 3.05) is 14.2 Å². The maximum atomic E-state index is 13.2. The molecule has 0 aliphatic heterocycles. The minimum Gasteiger partial charge on any atom is -0.496 e. The van der Waals surface area contributed by atoms with Crippen LogP contribution >= 0.6 is 11.6 Å².